The summed E-state index contributed by atoms with van der Waals surface area (Å²) in [5.74, 6) is 0.711. The van der Waals surface area contributed by atoms with E-state index >= 15 is 0 Å². The molecular formula is C19H21F3N2OS. The van der Waals surface area contributed by atoms with E-state index in [0.29, 0.717) is 5.75 Å². The van der Waals surface area contributed by atoms with Crippen LogP contribution >= 0.6 is 11.8 Å². The molecule has 0 aliphatic carbocycles. The highest BCUT2D eigenvalue weighted by Crippen LogP contribution is 2.33. The molecule has 0 aliphatic rings. The van der Waals surface area contributed by atoms with Gasteiger partial charge in [-0.25, -0.2) is 0 Å². The zero-order chi connectivity index (χ0) is 19.3. The van der Waals surface area contributed by atoms with E-state index in [0.717, 1.165) is 27.6 Å². The van der Waals surface area contributed by atoms with Crippen LogP contribution in [0.3, 0.4) is 0 Å². The molecule has 0 amide bonds. The summed E-state index contributed by atoms with van der Waals surface area (Å²) in [5, 5.41) is 6.03. The SMILES string of the molecule is C/C(=N\N(C)C)C(C)Oc1ccc(Sc2ccc(C(F)(F)F)cc2)cc1. The second-order valence-electron chi connectivity index (χ2n) is 5.94. The Morgan fingerprint density at radius 2 is 1.50 bits per heavy atom. The van der Waals surface area contributed by atoms with Gasteiger partial charge in [-0.2, -0.15) is 18.3 Å². The first-order valence-electron chi connectivity index (χ1n) is 7.99. The van der Waals surface area contributed by atoms with Crippen molar-refractivity contribution in [3.8, 4) is 5.75 Å². The Balaban J connectivity index is 1.99. The van der Waals surface area contributed by atoms with E-state index in [4.69, 9.17) is 4.74 Å². The van der Waals surface area contributed by atoms with Gasteiger partial charge in [0.05, 0.1) is 11.3 Å². The van der Waals surface area contributed by atoms with Crippen LogP contribution in [0.1, 0.15) is 19.4 Å². The molecule has 3 nitrogen and oxygen atoms in total. The van der Waals surface area contributed by atoms with Crippen molar-refractivity contribution < 1.29 is 17.9 Å². The molecule has 2 rings (SSSR count). The van der Waals surface area contributed by atoms with Crippen LogP contribution < -0.4 is 4.74 Å². The van der Waals surface area contributed by atoms with Gasteiger partial charge in [0, 0.05) is 23.9 Å². The van der Waals surface area contributed by atoms with E-state index in [2.05, 4.69) is 5.10 Å². The van der Waals surface area contributed by atoms with Crippen LogP contribution in [-0.2, 0) is 6.18 Å². The Labute approximate surface area is 155 Å². The molecule has 7 heteroatoms. The van der Waals surface area contributed by atoms with Gasteiger partial charge in [0.2, 0.25) is 0 Å². The fraction of sp³-hybridized carbons (Fsp3) is 0.316. The summed E-state index contributed by atoms with van der Waals surface area (Å²) >= 11 is 1.40. The Kier molecular flexibility index (Phi) is 6.58. The fourth-order valence-electron chi connectivity index (χ4n) is 2.12. The molecule has 0 saturated carbocycles. The number of benzene rings is 2. The molecule has 0 spiro atoms. The topological polar surface area (TPSA) is 24.8 Å². The maximum Gasteiger partial charge on any atom is 0.416 e. The number of alkyl halides is 3. The van der Waals surface area contributed by atoms with Crippen molar-refractivity contribution in [1.29, 1.82) is 0 Å². The number of nitrogens with zero attached hydrogens (tertiary/aromatic N) is 2. The van der Waals surface area contributed by atoms with Gasteiger partial charge in [-0.1, -0.05) is 11.8 Å². The molecule has 1 unspecified atom stereocenters. The molecule has 26 heavy (non-hydrogen) atoms. The maximum atomic E-state index is 12.6. The van der Waals surface area contributed by atoms with Crippen molar-refractivity contribution in [3.05, 3.63) is 54.1 Å². The minimum absolute atomic E-state index is 0.161. The second kappa shape index (κ2) is 8.49. The number of hydrogen-bond acceptors (Lipinski definition) is 4. The Morgan fingerprint density at radius 3 is 1.96 bits per heavy atom. The van der Waals surface area contributed by atoms with Gasteiger partial charge in [-0.05, 0) is 62.4 Å². The lowest BCUT2D eigenvalue weighted by molar-refractivity contribution is -0.137. The van der Waals surface area contributed by atoms with Crippen LogP contribution in [0.4, 0.5) is 13.2 Å². The first-order valence-corrected chi connectivity index (χ1v) is 8.81. The molecule has 140 valence electrons. The summed E-state index contributed by atoms with van der Waals surface area (Å²) in [6, 6.07) is 12.6. The molecular weight excluding hydrogens is 361 g/mol. The molecule has 2 aromatic carbocycles. The number of hydrazone groups is 1. The zero-order valence-electron chi connectivity index (χ0n) is 15.0. The molecule has 0 bridgehead atoms. The summed E-state index contributed by atoms with van der Waals surface area (Å²) in [6.45, 7) is 3.83. The third-order valence-electron chi connectivity index (χ3n) is 3.50. The van der Waals surface area contributed by atoms with Crippen LogP contribution in [0.15, 0.2) is 63.4 Å². The molecule has 0 saturated heterocycles. The second-order valence-corrected chi connectivity index (χ2v) is 7.09. The number of hydrogen-bond donors (Lipinski definition) is 0. The highest BCUT2D eigenvalue weighted by Gasteiger charge is 2.29. The van der Waals surface area contributed by atoms with Crippen molar-refractivity contribution in [2.24, 2.45) is 5.10 Å². The van der Waals surface area contributed by atoms with Crippen LogP contribution in [0.25, 0.3) is 0 Å². The lowest BCUT2D eigenvalue weighted by Gasteiger charge is -2.16. The van der Waals surface area contributed by atoms with Crippen molar-refractivity contribution in [3.63, 3.8) is 0 Å². The Hall–Kier alpha value is -2.15. The molecule has 0 fully saturated rings. The van der Waals surface area contributed by atoms with E-state index in [-0.39, 0.29) is 6.10 Å². The third-order valence-corrected chi connectivity index (χ3v) is 4.52. The highest BCUT2D eigenvalue weighted by atomic mass is 32.2. The van der Waals surface area contributed by atoms with Crippen molar-refractivity contribution in [2.75, 3.05) is 14.1 Å². The van der Waals surface area contributed by atoms with E-state index in [1.54, 1.807) is 5.01 Å². The fourth-order valence-corrected chi connectivity index (χ4v) is 2.94. The molecule has 0 aromatic heterocycles. The summed E-state index contributed by atoms with van der Waals surface area (Å²) in [6.07, 6.45) is -4.47. The molecule has 1 atom stereocenters. The van der Waals surface area contributed by atoms with E-state index < -0.39 is 11.7 Å². The van der Waals surface area contributed by atoms with E-state index in [1.807, 2.05) is 52.2 Å². The summed E-state index contributed by atoms with van der Waals surface area (Å²) in [4.78, 5) is 1.66. The number of rotatable bonds is 6. The minimum atomic E-state index is -4.31. The predicted molar refractivity (Wildman–Crippen MR) is 98.9 cm³/mol. The lowest BCUT2D eigenvalue weighted by atomic mass is 10.2. The molecule has 0 heterocycles. The Bertz CT molecular complexity index is 741. The molecule has 2 aromatic rings. The zero-order valence-corrected chi connectivity index (χ0v) is 15.9. The van der Waals surface area contributed by atoms with Gasteiger partial charge in [0.1, 0.15) is 11.9 Å². The monoisotopic (exact) mass is 382 g/mol. The van der Waals surface area contributed by atoms with E-state index in [9.17, 15) is 13.2 Å². The molecule has 0 aliphatic heterocycles. The maximum absolute atomic E-state index is 12.6. The average molecular weight is 382 g/mol. The summed E-state index contributed by atoms with van der Waals surface area (Å²) < 4.78 is 43.6. The van der Waals surface area contributed by atoms with Gasteiger partial charge < -0.3 is 9.75 Å². The van der Waals surface area contributed by atoms with E-state index in [1.165, 1.54) is 23.9 Å². The normalized spacial score (nSPS) is 13.4. The van der Waals surface area contributed by atoms with Crippen molar-refractivity contribution in [2.45, 2.75) is 35.9 Å². The van der Waals surface area contributed by atoms with Crippen LogP contribution in [-0.4, -0.2) is 30.9 Å². The lowest BCUT2D eigenvalue weighted by Crippen LogP contribution is -2.23. The summed E-state index contributed by atoms with van der Waals surface area (Å²) in [7, 11) is 3.70. The Morgan fingerprint density at radius 1 is 1.00 bits per heavy atom. The van der Waals surface area contributed by atoms with Crippen LogP contribution in [0, 0.1) is 0 Å². The van der Waals surface area contributed by atoms with Gasteiger partial charge in [-0.3, -0.25) is 0 Å². The third kappa shape index (κ3) is 5.98. The van der Waals surface area contributed by atoms with Gasteiger partial charge >= 0.3 is 6.18 Å². The highest BCUT2D eigenvalue weighted by molar-refractivity contribution is 7.99. The largest absolute Gasteiger partial charge is 0.485 e. The van der Waals surface area contributed by atoms with Gasteiger partial charge in [0.15, 0.2) is 0 Å². The first kappa shape index (κ1) is 20.2. The first-order chi connectivity index (χ1) is 12.1. The number of ether oxygens (including phenoxy) is 1. The molecule has 0 N–H and O–H groups in total. The summed E-state index contributed by atoms with van der Waals surface area (Å²) in [5.41, 5.74) is 0.215. The standard InChI is InChI=1S/C19H21F3N2OS/c1-13(23-24(3)4)14(2)25-16-7-11-18(12-8-16)26-17-9-5-15(6-10-17)19(20,21)22/h5-12,14H,1-4H3/b23-13+. The van der Waals surface area contributed by atoms with Crippen molar-refractivity contribution in [1.82, 2.24) is 5.01 Å². The van der Waals surface area contributed by atoms with Gasteiger partial charge in [-0.15, -0.1) is 0 Å². The minimum Gasteiger partial charge on any atom is -0.485 e. The molecule has 0 radical (unpaired) electrons. The quantitative estimate of drug-likeness (QED) is 0.483. The number of halogens is 3. The predicted octanol–water partition coefficient (Wildman–Crippen LogP) is 5.56. The smallest absolute Gasteiger partial charge is 0.416 e. The average Bonchev–Trinajstić information content (AvgIpc) is 2.55. The van der Waals surface area contributed by atoms with Crippen molar-refractivity contribution >= 4 is 17.5 Å². The van der Waals surface area contributed by atoms with Crippen LogP contribution in [0.5, 0.6) is 5.75 Å². The van der Waals surface area contributed by atoms with Gasteiger partial charge in [0.25, 0.3) is 0 Å². The van der Waals surface area contributed by atoms with Crippen LogP contribution in [0.2, 0.25) is 0 Å².